The van der Waals surface area contributed by atoms with Crippen LogP contribution in [0.15, 0.2) is 41.3 Å². The fourth-order valence-corrected chi connectivity index (χ4v) is 6.64. The number of hydrogen-bond donors (Lipinski definition) is 3. The monoisotopic (exact) mass is 564 g/mol. The van der Waals surface area contributed by atoms with E-state index in [0.717, 1.165) is 44.5 Å². The van der Waals surface area contributed by atoms with Crippen molar-refractivity contribution >= 4 is 17.8 Å². The zero-order valence-electron chi connectivity index (χ0n) is 24.5. The van der Waals surface area contributed by atoms with Crippen molar-refractivity contribution in [1.29, 1.82) is 0 Å². The molecule has 5 N–H and O–H groups in total. The lowest BCUT2D eigenvalue weighted by Crippen LogP contribution is -2.58. The highest BCUT2D eigenvalue weighted by atomic mass is 16.2. The molecular weight excluding hydrogens is 520 g/mol. The van der Waals surface area contributed by atoms with Crippen molar-refractivity contribution in [3.8, 4) is 5.69 Å². The standard InChI is InChI=1S/C30H44N8O3/c1-4-23(37-12-10-30(20-37)18-22(31)19-30)17-21-5-7-24(8-6-21)38-11-9-25(34-28(38)41)33-27(40)36-15-13-35(14-16-36)26(39)29(2,3)32/h5-9,11,22-23H,4,10,12-20,31-32H2,1-3H3,(H,33,34,40,41). The Morgan fingerprint density at radius 2 is 1.73 bits per heavy atom. The van der Waals surface area contributed by atoms with Gasteiger partial charge in [0.15, 0.2) is 0 Å². The second-order valence-corrected chi connectivity index (χ2v) is 12.7. The number of amides is 3. The van der Waals surface area contributed by atoms with Crippen molar-refractivity contribution in [1.82, 2.24) is 24.3 Å². The van der Waals surface area contributed by atoms with Crippen LogP contribution in [0.4, 0.5) is 10.6 Å². The molecule has 3 amide bonds. The van der Waals surface area contributed by atoms with Gasteiger partial charge in [-0.25, -0.2) is 9.59 Å². The third kappa shape index (κ3) is 6.47. The van der Waals surface area contributed by atoms with E-state index in [1.54, 1.807) is 35.9 Å². The first-order valence-electron chi connectivity index (χ1n) is 14.8. The maximum absolute atomic E-state index is 12.8. The summed E-state index contributed by atoms with van der Waals surface area (Å²) in [5.41, 5.74) is 13.0. The number of likely N-dealkylation sites (tertiary alicyclic amines) is 1. The van der Waals surface area contributed by atoms with Gasteiger partial charge in [-0.05, 0) is 81.7 Å². The van der Waals surface area contributed by atoms with Crippen molar-refractivity contribution in [3.63, 3.8) is 0 Å². The molecule has 1 aliphatic carbocycles. The number of carbonyl (C=O) groups excluding carboxylic acids is 2. The molecule has 0 bridgehead atoms. The molecule has 0 radical (unpaired) electrons. The molecule has 1 aromatic heterocycles. The SMILES string of the molecule is CCC(Cc1ccc(-n2ccc(NC(=O)N3CCN(C(=O)C(C)(C)N)CC3)nc2=O)cc1)N1CCC2(CC(N)C2)C1. The summed E-state index contributed by atoms with van der Waals surface area (Å²) in [6.45, 7) is 9.48. The highest BCUT2D eigenvalue weighted by Crippen LogP contribution is 2.48. The lowest BCUT2D eigenvalue weighted by molar-refractivity contribution is -0.137. The van der Waals surface area contributed by atoms with Gasteiger partial charge in [0, 0.05) is 51.0 Å². The maximum Gasteiger partial charge on any atom is 0.354 e. The van der Waals surface area contributed by atoms with Crippen LogP contribution in [0.25, 0.3) is 5.69 Å². The van der Waals surface area contributed by atoms with Crippen LogP contribution in [0.5, 0.6) is 0 Å². The molecule has 2 aromatic rings. The summed E-state index contributed by atoms with van der Waals surface area (Å²) in [6, 6.07) is 10.2. The fourth-order valence-electron chi connectivity index (χ4n) is 6.64. The number of hydrogen-bond acceptors (Lipinski definition) is 7. The van der Waals surface area contributed by atoms with E-state index >= 15 is 0 Å². The second kappa shape index (κ2) is 11.5. The molecular formula is C30H44N8O3. The molecule has 3 heterocycles. The quantitative estimate of drug-likeness (QED) is 0.465. The van der Waals surface area contributed by atoms with Crippen LogP contribution in [-0.4, -0.2) is 93.1 Å². The maximum atomic E-state index is 12.8. The van der Waals surface area contributed by atoms with Crippen LogP contribution in [-0.2, 0) is 11.2 Å². The minimum absolute atomic E-state index is 0.139. The highest BCUT2D eigenvalue weighted by molar-refractivity contribution is 5.89. The van der Waals surface area contributed by atoms with Crippen LogP contribution >= 0.6 is 0 Å². The van der Waals surface area contributed by atoms with E-state index in [1.165, 1.54) is 16.6 Å². The molecule has 1 unspecified atom stereocenters. The number of nitrogens with zero attached hydrogens (tertiary/aromatic N) is 5. The zero-order valence-corrected chi connectivity index (χ0v) is 24.5. The molecule has 5 rings (SSSR count). The highest BCUT2D eigenvalue weighted by Gasteiger charge is 2.47. The Hall–Kier alpha value is -3.28. The Morgan fingerprint density at radius 3 is 2.32 bits per heavy atom. The number of benzene rings is 1. The Kier molecular flexibility index (Phi) is 8.22. The summed E-state index contributed by atoms with van der Waals surface area (Å²) >= 11 is 0. The average molecular weight is 565 g/mol. The number of nitrogens with two attached hydrogens (primary N) is 2. The predicted octanol–water partition coefficient (Wildman–Crippen LogP) is 1.78. The molecule has 1 atom stereocenters. The van der Waals surface area contributed by atoms with Crippen LogP contribution < -0.4 is 22.5 Å². The molecule has 222 valence electrons. The fraction of sp³-hybridized carbons (Fsp3) is 0.600. The van der Waals surface area contributed by atoms with Crippen LogP contribution in [0.1, 0.15) is 52.0 Å². The number of carbonyl (C=O) groups is 2. The van der Waals surface area contributed by atoms with Gasteiger partial charge in [0.1, 0.15) is 5.82 Å². The Morgan fingerprint density at radius 1 is 1.07 bits per heavy atom. The molecule has 1 spiro atoms. The number of piperazine rings is 1. The normalized spacial score (nSPS) is 23.9. The topological polar surface area (TPSA) is 143 Å². The molecule has 3 fully saturated rings. The van der Waals surface area contributed by atoms with E-state index in [4.69, 9.17) is 11.5 Å². The number of urea groups is 1. The summed E-state index contributed by atoms with van der Waals surface area (Å²) in [7, 11) is 0. The summed E-state index contributed by atoms with van der Waals surface area (Å²) in [5.74, 6) is 0.0520. The van der Waals surface area contributed by atoms with Crippen LogP contribution in [0.3, 0.4) is 0 Å². The first-order chi connectivity index (χ1) is 19.5. The van der Waals surface area contributed by atoms with Crippen molar-refractivity contribution in [2.24, 2.45) is 16.9 Å². The number of aromatic nitrogens is 2. The van der Waals surface area contributed by atoms with E-state index in [1.807, 2.05) is 12.1 Å². The van der Waals surface area contributed by atoms with Gasteiger partial charge in [-0.15, -0.1) is 0 Å². The van der Waals surface area contributed by atoms with E-state index in [0.29, 0.717) is 43.7 Å². The van der Waals surface area contributed by atoms with Gasteiger partial charge in [0.2, 0.25) is 5.91 Å². The number of anilines is 1. The molecule has 41 heavy (non-hydrogen) atoms. The van der Waals surface area contributed by atoms with E-state index in [2.05, 4.69) is 34.3 Å². The van der Waals surface area contributed by atoms with Crippen molar-refractivity contribution in [2.75, 3.05) is 44.6 Å². The smallest absolute Gasteiger partial charge is 0.338 e. The third-order valence-electron chi connectivity index (χ3n) is 8.98. The number of rotatable bonds is 7. The molecule has 2 saturated heterocycles. The minimum Gasteiger partial charge on any atom is -0.338 e. The molecule has 11 heteroatoms. The van der Waals surface area contributed by atoms with Gasteiger partial charge >= 0.3 is 11.7 Å². The zero-order chi connectivity index (χ0) is 29.4. The summed E-state index contributed by atoms with van der Waals surface area (Å²) in [6.07, 6.45) is 7.28. The van der Waals surface area contributed by atoms with Gasteiger partial charge in [-0.2, -0.15) is 4.98 Å². The van der Waals surface area contributed by atoms with Crippen LogP contribution in [0.2, 0.25) is 0 Å². The molecule has 3 aliphatic rings. The Bertz CT molecular complexity index is 1300. The van der Waals surface area contributed by atoms with Crippen molar-refractivity contribution < 1.29 is 9.59 Å². The summed E-state index contributed by atoms with van der Waals surface area (Å²) in [4.78, 5) is 48.0. The third-order valence-corrected chi connectivity index (χ3v) is 8.98. The Balaban J connectivity index is 1.15. The van der Waals surface area contributed by atoms with Gasteiger partial charge in [0.25, 0.3) is 0 Å². The summed E-state index contributed by atoms with van der Waals surface area (Å²) < 4.78 is 1.47. The minimum atomic E-state index is -0.946. The average Bonchev–Trinajstić information content (AvgIpc) is 3.36. The van der Waals surface area contributed by atoms with Crippen molar-refractivity contribution in [3.05, 3.63) is 52.6 Å². The van der Waals surface area contributed by atoms with E-state index < -0.39 is 11.2 Å². The van der Waals surface area contributed by atoms with Gasteiger partial charge in [-0.1, -0.05) is 19.1 Å². The second-order valence-electron chi connectivity index (χ2n) is 12.7. The van der Waals surface area contributed by atoms with E-state index in [9.17, 15) is 14.4 Å². The summed E-state index contributed by atoms with van der Waals surface area (Å²) in [5, 5.41) is 2.71. The first kappa shape index (κ1) is 29.2. The largest absolute Gasteiger partial charge is 0.354 e. The lowest BCUT2D eigenvalue weighted by Gasteiger charge is -2.44. The Labute approximate surface area is 241 Å². The van der Waals surface area contributed by atoms with Gasteiger partial charge < -0.3 is 21.3 Å². The van der Waals surface area contributed by atoms with Gasteiger partial charge in [0.05, 0.1) is 11.2 Å². The molecule has 2 aliphatic heterocycles. The van der Waals surface area contributed by atoms with Crippen molar-refractivity contribution in [2.45, 2.75) is 70.5 Å². The van der Waals surface area contributed by atoms with E-state index in [-0.39, 0.29) is 17.8 Å². The predicted molar refractivity (Wildman–Crippen MR) is 159 cm³/mol. The first-order valence-corrected chi connectivity index (χ1v) is 14.8. The van der Waals surface area contributed by atoms with Crippen LogP contribution in [0, 0.1) is 5.41 Å². The molecule has 1 aromatic carbocycles. The van der Waals surface area contributed by atoms with Gasteiger partial charge in [-0.3, -0.25) is 19.6 Å². The number of nitrogens with one attached hydrogen (secondary N) is 1. The lowest BCUT2D eigenvalue weighted by atomic mass is 9.65. The molecule has 1 saturated carbocycles. The molecule has 11 nitrogen and oxygen atoms in total.